The van der Waals surface area contributed by atoms with Crippen molar-refractivity contribution in [3.63, 3.8) is 0 Å². The Kier molecular flexibility index (Phi) is 10.2. The summed E-state index contributed by atoms with van der Waals surface area (Å²) < 4.78 is 29.0. The van der Waals surface area contributed by atoms with E-state index in [1.54, 1.807) is 59.7 Å². The van der Waals surface area contributed by atoms with Crippen molar-refractivity contribution < 1.29 is 38.1 Å². The molecule has 0 spiro atoms. The number of aliphatic imine (C=N–C) groups is 2. The lowest BCUT2D eigenvalue weighted by molar-refractivity contribution is -0.107. The summed E-state index contributed by atoms with van der Waals surface area (Å²) in [5.74, 6) is 1.05. The van der Waals surface area contributed by atoms with E-state index in [2.05, 4.69) is 0 Å². The number of benzene rings is 5. The number of anilines is 2. The zero-order valence-electron chi connectivity index (χ0n) is 31.9. The number of rotatable bonds is 12. The Labute approximate surface area is 329 Å². The van der Waals surface area contributed by atoms with Crippen molar-refractivity contribution in [2.24, 2.45) is 9.98 Å². The Morgan fingerprint density at radius 1 is 0.807 bits per heavy atom. The second kappa shape index (κ2) is 15.7. The average Bonchev–Trinajstić information content (AvgIpc) is 3.76. The van der Waals surface area contributed by atoms with Crippen LogP contribution in [0.25, 0.3) is 0 Å². The third-order valence-electron chi connectivity index (χ3n) is 10.4. The molecule has 0 radical (unpaired) electrons. The number of esters is 1. The molecule has 12 nitrogen and oxygen atoms in total. The number of carbonyl (C=O) groups excluding carboxylic acids is 3. The van der Waals surface area contributed by atoms with Crippen LogP contribution in [0.3, 0.4) is 0 Å². The summed E-state index contributed by atoms with van der Waals surface area (Å²) in [6.07, 6.45) is 5.78. The maximum Gasteiger partial charge on any atom is 0.337 e. The molecule has 12 heteroatoms. The van der Waals surface area contributed by atoms with E-state index < -0.39 is 5.97 Å². The number of hydrogen-bond donors (Lipinski definition) is 0. The van der Waals surface area contributed by atoms with Crippen molar-refractivity contribution in [1.29, 1.82) is 0 Å². The number of methoxy groups -OCH3 is 3. The van der Waals surface area contributed by atoms with Gasteiger partial charge in [0.15, 0.2) is 23.0 Å². The first-order valence-corrected chi connectivity index (χ1v) is 18.5. The summed E-state index contributed by atoms with van der Waals surface area (Å²) in [5.41, 5.74) is 8.04. The minimum Gasteiger partial charge on any atom is -0.493 e. The van der Waals surface area contributed by atoms with Crippen LogP contribution >= 0.6 is 0 Å². The van der Waals surface area contributed by atoms with Gasteiger partial charge in [-0.25, -0.2) is 4.79 Å². The van der Waals surface area contributed by atoms with Gasteiger partial charge in [-0.3, -0.25) is 24.5 Å². The van der Waals surface area contributed by atoms with Crippen molar-refractivity contribution >= 4 is 53.5 Å². The number of hydrogen-bond acceptors (Lipinski definition) is 10. The van der Waals surface area contributed by atoms with Crippen molar-refractivity contribution in [2.45, 2.75) is 45.1 Å². The average molecular weight is 765 g/mol. The van der Waals surface area contributed by atoms with Crippen LogP contribution in [-0.2, 0) is 35.6 Å². The van der Waals surface area contributed by atoms with Gasteiger partial charge in [0, 0.05) is 48.8 Å². The predicted octanol–water partition coefficient (Wildman–Crippen LogP) is 7.53. The van der Waals surface area contributed by atoms with Gasteiger partial charge in [0.25, 0.3) is 5.91 Å². The highest BCUT2D eigenvalue weighted by Gasteiger charge is 2.36. The molecular weight excluding hydrogens is 725 g/mol. The molecular formula is C45H40N4O8. The third kappa shape index (κ3) is 7.17. The largest absolute Gasteiger partial charge is 0.493 e. The second-order valence-corrected chi connectivity index (χ2v) is 14.0. The fraction of sp³-hybridized carbons (Fsp3) is 0.222. The molecule has 3 aliphatic rings. The highest BCUT2D eigenvalue weighted by molar-refractivity contribution is 6.14. The van der Waals surface area contributed by atoms with Crippen molar-refractivity contribution in [3.05, 3.63) is 130 Å². The van der Waals surface area contributed by atoms with E-state index in [-0.39, 0.29) is 31.2 Å². The molecule has 0 saturated heterocycles. The molecule has 57 heavy (non-hydrogen) atoms. The molecule has 0 saturated carbocycles. The van der Waals surface area contributed by atoms with E-state index in [1.807, 2.05) is 67.6 Å². The van der Waals surface area contributed by atoms with Gasteiger partial charge in [-0.05, 0) is 77.2 Å². The molecule has 8 rings (SSSR count). The van der Waals surface area contributed by atoms with Crippen LogP contribution in [0, 0.1) is 6.92 Å². The van der Waals surface area contributed by atoms with E-state index >= 15 is 0 Å². The van der Waals surface area contributed by atoms with Crippen LogP contribution in [0.1, 0.15) is 48.5 Å². The number of nitrogens with zero attached hydrogens (tertiary/aromatic N) is 4. The Morgan fingerprint density at radius 3 is 2.14 bits per heavy atom. The van der Waals surface area contributed by atoms with Gasteiger partial charge in [-0.15, -0.1) is 0 Å². The third-order valence-corrected chi connectivity index (χ3v) is 10.4. The Bertz CT molecular complexity index is 2460. The van der Waals surface area contributed by atoms with Crippen molar-refractivity contribution in [1.82, 2.24) is 0 Å². The molecule has 2 atom stereocenters. The first-order valence-electron chi connectivity index (χ1n) is 18.5. The molecule has 0 aliphatic carbocycles. The first kappa shape index (κ1) is 37.0. The molecule has 1 unspecified atom stereocenters. The number of amides is 2. The van der Waals surface area contributed by atoms with Crippen LogP contribution < -0.4 is 28.7 Å². The Hall–Kier alpha value is -6.95. The summed E-state index contributed by atoms with van der Waals surface area (Å²) in [6.45, 7) is 2.07. The number of ether oxygens (including phenoxy) is 5. The number of aryl methyl sites for hydroxylation is 1. The van der Waals surface area contributed by atoms with E-state index in [1.165, 1.54) is 14.2 Å². The molecule has 5 aromatic carbocycles. The molecule has 288 valence electrons. The first-order chi connectivity index (χ1) is 27.8. The minimum absolute atomic E-state index is 0.0579. The van der Waals surface area contributed by atoms with Crippen molar-refractivity contribution in [2.75, 3.05) is 31.1 Å². The van der Waals surface area contributed by atoms with Gasteiger partial charge in [-0.1, -0.05) is 36.4 Å². The lowest BCUT2D eigenvalue weighted by atomic mass is 10.1. The predicted molar refractivity (Wildman–Crippen MR) is 217 cm³/mol. The van der Waals surface area contributed by atoms with Gasteiger partial charge in [0.2, 0.25) is 6.41 Å². The molecule has 0 bridgehead atoms. The lowest BCUT2D eigenvalue weighted by Gasteiger charge is -2.22. The number of fused-ring (bicyclic) bond motifs is 5. The van der Waals surface area contributed by atoms with Gasteiger partial charge < -0.3 is 28.6 Å². The topological polar surface area (TPSA) is 129 Å². The maximum atomic E-state index is 13.9. The molecule has 0 fully saturated rings. The Morgan fingerprint density at radius 2 is 1.46 bits per heavy atom. The van der Waals surface area contributed by atoms with Crippen LogP contribution in [0.4, 0.5) is 22.7 Å². The standard InChI is InChI=1S/C45H40N4O8/c1-27-13-40(53-2)42(20-36(27)46-22-33-17-30-9-5-7-11-38(30)48(33)26-50)56-24-28-14-29(16-32(15-28)45(52)55-4)25-57-43-21-37-35(19-41(43)54-3)44(51)49-34(23-47-37)18-31-10-6-8-12-39(31)49/h5-16,19-23,26,33-34H,17-18,24-25H2,1-4H3/b46-22-/t33-,34?/m0/s1. The molecule has 3 aliphatic heterocycles. The molecule has 5 aromatic rings. The zero-order valence-corrected chi connectivity index (χ0v) is 31.9. The number of carbonyl (C=O) groups is 3. The molecule has 3 heterocycles. The van der Waals surface area contributed by atoms with Crippen LogP contribution in [0.5, 0.6) is 23.0 Å². The zero-order chi connectivity index (χ0) is 39.6. The minimum atomic E-state index is -0.515. The summed E-state index contributed by atoms with van der Waals surface area (Å²) in [6, 6.07) is 27.6. The second-order valence-electron chi connectivity index (χ2n) is 14.0. The summed E-state index contributed by atoms with van der Waals surface area (Å²) >= 11 is 0. The van der Waals surface area contributed by atoms with Crippen LogP contribution in [0.2, 0.25) is 0 Å². The highest BCUT2D eigenvalue weighted by Crippen LogP contribution is 2.41. The van der Waals surface area contributed by atoms with E-state index in [0.29, 0.717) is 69.5 Å². The quantitative estimate of drug-likeness (QED) is 0.0725. The van der Waals surface area contributed by atoms with Gasteiger partial charge in [0.1, 0.15) is 13.2 Å². The van der Waals surface area contributed by atoms with Gasteiger partial charge in [-0.2, -0.15) is 0 Å². The van der Waals surface area contributed by atoms with Gasteiger partial charge >= 0.3 is 5.97 Å². The fourth-order valence-corrected chi connectivity index (χ4v) is 7.60. The number of para-hydroxylation sites is 2. The summed E-state index contributed by atoms with van der Waals surface area (Å²) in [4.78, 5) is 51.6. The van der Waals surface area contributed by atoms with E-state index in [9.17, 15) is 14.4 Å². The van der Waals surface area contributed by atoms with Crippen molar-refractivity contribution in [3.8, 4) is 23.0 Å². The monoisotopic (exact) mass is 764 g/mol. The lowest BCUT2D eigenvalue weighted by Crippen LogP contribution is -2.37. The normalized spacial score (nSPS) is 16.4. The fourth-order valence-electron chi connectivity index (χ4n) is 7.60. The summed E-state index contributed by atoms with van der Waals surface area (Å²) in [5, 5.41) is 0. The van der Waals surface area contributed by atoms with E-state index in [0.717, 1.165) is 34.5 Å². The van der Waals surface area contributed by atoms with Gasteiger partial charge in [0.05, 0.1) is 55.9 Å². The highest BCUT2D eigenvalue weighted by atomic mass is 16.5. The van der Waals surface area contributed by atoms with Crippen LogP contribution in [-0.4, -0.2) is 64.1 Å². The molecule has 0 aromatic heterocycles. The van der Waals surface area contributed by atoms with Crippen LogP contribution in [0.15, 0.2) is 101 Å². The smallest absolute Gasteiger partial charge is 0.337 e. The SMILES string of the molecule is COC(=O)c1cc(COc2cc3c(cc2OC)C(=O)N2c4ccccc4CC2C=N3)cc(COc2cc(/N=C\[C@@H]3Cc4ccccc4N3C=O)c(C)cc2OC)c1. The summed E-state index contributed by atoms with van der Waals surface area (Å²) in [7, 11) is 4.41. The maximum absolute atomic E-state index is 13.9. The molecule has 0 N–H and O–H groups in total. The Balaban J connectivity index is 1.01. The van der Waals surface area contributed by atoms with E-state index in [4.69, 9.17) is 33.7 Å². The molecule has 2 amide bonds.